The average molecular weight is 299 g/mol. The molecule has 0 heterocycles. The van der Waals surface area contributed by atoms with E-state index in [1.807, 2.05) is 13.8 Å². The fourth-order valence-electron chi connectivity index (χ4n) is 2.42. The number of methoxy groups -OCH3 is 1. The summed E-state index contributed by atoms with van der Waals surface area (Å²) in [5, 5.41) is 1.36. The highest BCUT2D eigenvalue weighted by Gasteiger charge is 2.16. The highest BCUT2D eigenvalue weighted by atomic mass is 16.7. The van der Waals surface area contributed by atoms with E-state index in [2.05, 4.69) is 18.2 Å². The molecule has 0 unspecified atom stereocenters. The van der Waals surface area contributed by atoms with Crippen LogP contribution in [0.3, 0.4) is 0 Å². The summed E-state index contributed by atoms with van der Waals surface area (Å²) in [6.45, 7) is 4.49. The molecular formula is C18H21NO3. The summed E-state index contributed by atoms with van der Waals surface area (Å²) >= 11 is 0. The van der Waals surface area contributed by atoms with Crippen molar-refractivity contribution >= 4 is 5.91 Å². The Labute approximate surface area is 131 Å². The molecule has 0 radical (unpaired) electrons. The Morgan fingerprint density at radius 1 is 1.00 bits per heavy atom. The standard InChI is InChI=1S/C18H21NO3/c1-13-9-14(2)11-15(10-13)12-19(22-4)18(20)16-5-7-17(21-3)8-6-16/h5-11H,12H2,1-4H3. The van der Waals surface area contributed by atoms with Crippen molar-refractivity contribution in [1.82, 2.24) is 5.06 Å². The Bertz CT molecular complexity index is 630. The molecule has 0 N–H and O–H groups in total. The first-order valence-corrected chi connectivity index (χ1v) is 7.10. The summed E-state index contributed by atoms with van der Waals surface area (Å²) in [6, 6.07) is 13.2. The lowest BCUT2D eigenvalue weighted by atomic mass is 10.1. The highest BCUT2D eigenvalue weighted by Crippen LogP contribution is 2.16. The van der Waals surface area contributed by atoms with E-state index < -0.39 is 0 Å². The third-order valence-corrected chi connectivity index (χ3v) is 3.39. The number of rotatable bonds is 5. The number of carbonyl (C=O) groups is 1. The van der Waals surface area contributed by atoms with Crippen LogP contribution in [-0.2, 0) is 11.4 Å². The van der Waals surface area contributed by atoms with Crippen LogP contribution in [0.5, 0.6) is 5.75 Å². The molecule has 0 aliphatic carbocycles. The monoisotopic (exact) mass is 299 g/mol. The average Bonchev–Trinajstić information content (AvgIpc) is 2.51. The zero-order chi connectivity index (χ0) is 16.1. The molecule has 0 bridgehead atoms. The number of hydrogen-bond donors (Lipinski definition) is 0. The van der Waals surface area contributed by atoms with E-state index in [0.717, 1.165) is 11.3 Å². The Kier molecular flexibility index (Phi) is 5.17. The van der Waals surface area contributed by atoms with E-state index in [9.17, 15) is 4.79 Å². The summed E-state index contributed by atoms with van der Waals surface area (Å²) in [4.78, 5) is 17.8. The van der Waals surface area contributed by atoms with Gasteiger partial charge in [-0.2, -0.15) is 0 Å². The number of benzene rings is 2. The second-order valence-electron chi connectivity index (χ2n) is 5.25. The quantitative estimate of drug-likeness (QED) is 0.793. The van der Waals surface area contributed by atoms with Crippen molar-refractivity contribution in [1.29, 1.82) is 0 Å². The minimum absolute atomic E-state index is 0.177. The van der Waals surface area contributed by atoms with Gasteiger partial charge in [0, 0.05) is 5.56 Å². The summed E-state index contributed by atoms with van der Waals surface area (Å²) in [5.41, 5.74) is 3.94. The van der Waals surface area contributed by atoms with Gasteiger partial charge in [0.25, 0.3) is 5.91 Å². The molecule has 2 rings (SSSR count). The lowest BCUT2D eigenvalue weighted by molar-refractivity contribution is -0.102. The molecule has 4 heteroatoms. The molecule has 0 fully saturated rings. The number of amides is 1. The maximum atomic E-state index is 12.5. The van der Waals surface area contributed by atoms with Gasteiger partial charge in [-0.3, -0.25) is 9.63 Å². The molecule has 0 saturated carbocycles. The predicted molar refractivity (Wildman–Crippen MR) is 85.8 cm³/mol. The number of hydrogen-bond acceptors (Lipinski definition) is 3. The topological polar surface area (TPSA) is 38.8 Å². The second kappa shape index (κ2) is 7.09. The molecule has 1 amide bonds. The number of aryl methyl sites for hydroxylation is 2. The Morgan fingerprint density at radius 2 is 1.59 bits per heavy atom. The van der Waals surface area contributed by atoms with E-state index in [4.69, 9.17) is 9.57 Å². The number of carbonyl (C=O) groups excluding carboxylic acids is 1. The van der Waals surface area contributed by atoms with E-state index in [1.165, 1.54) is 23.3 Å². The van der Waals surface area contributed by atoms with Crippen molar-refractivity contribution in [3.05, 3.63) is 64.7 Å². The van der Waals surface area contributed by atoms with Crippen LogP contribution in [0, 0.1) is 13.8 Å². The van der Waals surface area contributed by atoms with E-state index >= 15 is 0 Å². The summed E-state index contributed by atoms with van der Waals surface area (Å²) in [5.74, 6) is 0.541. The van der Waals surface area contributed by atoms with Crippen LogP contribution in [0.2, 0.25) is 0 Å². The minimum atomic E-state index is -0.177. The largest absolute Gasteiger partial charge is 0.497 e. The maximum absolute atomic E-state index is 12.5. The van der Waals surface area contributed by atoms with Crippen molar-refractivity contribution in [2.24, 2.45) is 0 Å². The van der Waals surface area contributed by atoms with Gasteiger partial charge in [-0.05, 0) is 43.7 Å². The first-order valence-electron chi connectivity index (χ1n) is 7.10. The van der Waals surface area contributed by atoms with Gasteiger partial charge in [-0.15, -0.1) is 0 Å². The van der Waals surface area contributed by atoms with Crippen LogP contribution in [-0.4, -0.2) is 25.2 Å². The highest BCUT2D eigenvalue weighted by molar-refractivity contribution is 5.93. The third-order valence-electron chi connectivity index (χ3n) is 3.39. The van der Waals surface area contributed by atoms with Crippen LogP contribution in [0.25, 0.3) is 0 Å². The van der Waals surface area contributed by atoms with Crippen LogP contribution in [0.4, 0.5) is 0 Å². The molecular weight excluding hydrogens is 278 g/mol. The van der Waals surface area contributed by atoms with Gasteiger partial charge in [0.2, 0.25) is 0 Å². The first-order chi connectivity index (χ1) is 10.5. The molecule has 0 saturated heterocycles. The minimum Gasteiger partial charge on any atom is -0.497 e. The molecule has 22 heavy (non-hydrogen) atoms. The van der Waals surface area contributed by atoms with E-state index in [0.29, 0.717) is 12.1 Å². The fraction of sp³-hybridized carbons (Fsp3) is 0.278. The van der Waals surface area contributed by atoms with Gasteiger partial charge < -0.3 is 4.74 Å². The van der Waals surface area contributed by atoms with Crippen LogP contribution < -0.4 is 4.74 Å². The molecule has 2 aromatic carbocycles. The summed E-state index contributed by atoms with van der Waals surface area (Å²) in [7, 11) is 3.10. The zero-order valence-electron chi connectivity index (χ0n) is 13.4. The molecule has 0 spiro atoms. The predicted octanol–water partition coefficient (Wildman–Crippen LogP) is 3.52. The van der Waals surface area contributed by atoms with E-state index in [1.54, 1.807) is 31.4 Å². The molecule has 0 aliphatic rings. The van der Waals surface area contributed by atoms with Crippen molar-refractivity contribution in [2.75, 3.05) is 14.2 Å². The van der Waals surface area contributed by atoms with Crippen molar-refractivity contribution in [2.45, 2.75) is 20.4 Å². The van der Waals surface area contributed by atoms with Gasteiger partial charge in [-0.1, -0.05) is 29.3 Å². The van der Waals surface area contributed by atoms with Gasteiger partial charge >= 0.3 is 0 Å². The van der Waals surface area contributed by atoms with Crippen LogP contribution in [0.1, 0.15) is 27.0 Å². The maximum Gasteiger partial charge on any atom is 0.277 e. The smallest absolute Gasteiger partial charge is 0.277 e. The molecule has 116 valence electrons. The Morgan fingerprint density at radius 3 is 2.09 bits per heavy atom. The normalized spacial score (nSPS) is 10.4. The van der Waals surface area contributed by atoms with Crippen molar-refractivity contribution in [3.63, 3.8) is 0 Å². The van der Waals surface area contributed by atoms with E-state index in [-0.39, 0.29) is 5.91 Å². The first kappa shape index (κ1) is 16.0. The van der Waals surface area contributed by atoms with Gasteiger partial charge in [0.15, 0.2) is 0 Å². The lowest BCUT2D eigenvalue weighted by Gasteiger charge is -2.20. The van der Waals surface area contributed by atoms with Gasteiger partial charge in [-0.25, -0.2) is 5.06 Å². The molecule has 4 nitrogen and oxygen atoms in total. The van der Waals surface area contributed by atoms with Gasteiger partial charge in [0.1, 0.15) is 5.75 Å². The molecule has 0 aromatic heterocycles. The number of ether oxygens (including phenoxy) is 1. The SMILES string of the molecule is COc1ccc(C(=O)N(Cc2cc(C)cc(C)c2)OC)cc1. The number of hydroxylamine groups is 2. The molecule has 2 aromatic rings. The summed E-state index contributed by atoms with van der Waals surface area (Å²) in [6.07, 6.45) is 0. The van der Waals surface area contributed by atoms with Crippen LogP contribution >= 0.6 is 0 Å². The number of nitrogens with zero attached hydrogens (tertiary/aromatic N) is 1. The fourth-order valence-corrected chi connectivity index (χ4v) is 2.42. The van der Waals surface area contributed by atoms with Gasteiger partial charge in [0.05, 0.1) is 20.8 Å². The third kappa shape index (κ3) is 3.86. The second-order valence-corrected chi connectivity index (χ2v) is 5.25. The molecule has 0 atom stereocenters. The molecule has 0 aliphatic heterocycles. The van der Waals surface area contributed by atoms with Crippen molar-refractivity contribution < 1.29 is 14.4 Å². The lowest BCUT2D eigenvalue weighted by Crippen LogP contribution is -2.29. The Balaban J connectivity index is 2.17. The zero-order valence-corrected chi connectivity index (χ0v) is 13.4. The van der Waals surface area contributed by atoms with Crippen molar-refractivity contribution in [3.8, 4) is 5.75 Å². The van der Waals surface area contributed by atoms with Crippen LogP contribution in [0.15, 0.2) is 42.5 Å². The summed E-state index contributed by atoms with van der Waals surface area (Å²) < 4.78 is 5.10. The Hall–Kier alpha value is -2.33.